The van der Waals surface area contributed by atoms with Crippen LogP contribution in [0.1, 0.15) is 46.9 Å². The van der Waals surface area contributed by atoms with Crippen LogP contribution in [0.4, 0.5) is 5.69 Å². The third-order valence-electron chi connectivity index (χ3n) is 6.11. The fraction of sp³-hybridized carbons (Fsp3) is 0.321. The summed E-state index contributed by atoms with van der Waals surface area (Å²) in [4.78, 5) is 17.7. The molecule has 4 rings (SSSR count). The van der Waals surface area contributed by atoms with Gasteiger partial charge in [0.15, 0.2) is 5.65 Å². The summed E-state index contributed by atoms with van der Waals surface area (Å²) in [6.45, 7) is 12.6. The molecule has 0 fully saturated rings. The van der Waals surface area contributed by atoms with E-state index in [1.807, 2.05) is 56.6 Å². The zero-order chi connectivity index (χ0) is 24.4. The second-order valence-electron chi connectivity index (χ2n) is 8.85. The number of ether oxygens (including phenoxy) is 1. The van der Waals surface area contributed by atoms with Crippen LogP contribution in [-0.4, -0.2) is 27.3 Å². The van der Waals surface area contributed by atoms with Crippen molar-refractivity contribution in [2.45, 2.75) is 54.4 Å². The van der Waals surface area contributed by atoms with E-state index in [1.54, 1.807) is 0 Å². The minimum atomic E-state index is -0.0268. The highest BCUT2D eigenvalue weighted by Gasteiger charge is 2.21. The van der Waals surface area contributed by atoms with E-state index in [4.69, 9.17) is 14.8 Å². The number of carbonyl (C=O) groups is 1. The highest BCUT2D eigenvalue weighted by atomic mass is 16.5. The number of pyridine rings is 1. The fourth-order valence-corrected chi connectivity index (χ4v) is 4.43. The van der Waals surface area contributed by atoms with E-state index in [0.717, 1.165) is 50.4 Å². The molecule has 2 aromatic carbocycles. The van der Waals surface area contributed by atoms with E-state index in [1.165, 1.54) is 5.56 Å². The summed E-state index contributed by atoms with van der Waals surface area (Å²) in [7, 11) is 0. The Hall–Kier alpha value is -3.67. The first-order valence-electron chi connectivity index (χ1n) is 11.7. The number of carbonyl (C=O) groups excluding carboxylic acids is 1. The van der Waals surface area contributed by atoms with Crippen molar-refractivity contribution in [1.29, 1.82) is 0 Å². The van der Waals surface area contributed by atoms with Crippen LogP contribution in [-0.2, 0) is 11.2 Å². The van der Waals surface area contributed by atoms with Gasteiger partial charge in [0.1, 0.15) is 0 Å². The first kappa shape index (κ1) is 23.5. The zero-order valence-corrected chi connectivity index (χ0v) is 20.8. The van der Waals surface area contributed by atoms with Gasteiger partial charge in [-0.15, -0.1) is 0 Å². The van der Waals surface area contributed by atoms with Gasteiger partial charge >= 0.3 is 0 Å². The predicted octanol–water partition coefficient (Wildman–Crippen LogP) is 5.93. The molecule has 1 amide bonds. The molecule has 0 aliphatic rings. The molecular formula is C28H32N4O2. The summed E-state index contributed by atoms with van der Waals surface area (Å²) in [5.74, 6) is 0.543. The number of fused-ring (bicyclic) bond motifs is 1. The van der Waals surface area contributed by atoms with Crippen LogP contribution in [0.5, 0.6) is 5.88 Å². The minimum absolute atomic E-state index is 0.0268. The smallest absolute Gasteiger partial charge is 0.224 e. The van der Waals surface area contributed by atoms with E-state index in [9.17, 15) is 4.79 Å². The van der Waals surface area contributed by atoms with Crippen molar-refractivity contribution in [2.24, 2.45) is 0 Å². The van der Waals surface area contributed by atoms with E-state index in [-0.39, 0.29) is 5.91 Å². The summed E-state index contributed by atoms with van der Waals surface area (Å²) in [6.07, 6.45) is 0.877. The lowest BCUT2D eigenvalue weighted by atomic mass is 10.0. The second kappa shape index (κ2) is 9.67. The maximum absolute atomic E-state index is 12.8. The van der Waals surface area contributed by atoms with Crippen molar-refractivity contribution in [3.63, 3.8) is 0 Å². The van der Waals surface area contributed by atoms with E-state index in [0.29, 0.717) is 25.3 Å². The van der Waals surface area contributed by atoms with Gasteiger partial charge in [0.2, 0.25) is 11.8 Å². The molecule has 0 unspecified atom stereocenters. The van der Waals surface area contributed by atoms with Crippen molar-refractivity contribution in [1.82, 2.24) is 14.8 Å². The molecule has 4 aromatic rings. The zero-order valence-electron chi connectivity index (χ0n) is 20.8. The van der Waals surface area contributed by atoms with Crippen LogP contribution in [0.3, 0.4) is 0 Å². The molecule has 0 aliphatic carbocycles. The lowest BCUT2D eigenvalue weighted by molar-refractivity contribution is -0.116. The molecule has 1 N–H and O–H groups in total. The third-order valence-corrected chi connectivity index (χ3v) is 6.11. The third kappa shape index (κ3) is 4.67. The van der Waals surface area contributed by atoms with Gasteiger partial charge in [0.25, 0.3) is 0 Å². The largest absolute Gasteiger partial charge is 0.478 e. The quantitative estimate of drug-likeness (QED) is 0.374. The Morgan fingerprint density at radius 3 is 2.50 bits per heavy atom. The molecule has 6 heteroatoms. The molecule has 176 valence electrons. The summed E-state index contributed by atoms with van der Waals surface area (Å²) < 4.78 is 7.83. The Bertz CT molecular complexity index is 1370. The van der Waals surface area contributed by atoms with Crippen LogP contribution in [0.15, 0.2) is 42.5 Å². The molecule has 0 bridgehead atoms. The number of benzene rings is 2. The van der Waals surface area contributed by atoms with E-state index in [2.05, 4.69) is 37.4 Å². The lowest BCUT2D eigenvalue weighted by Gasteiger charge is -2.14. The van der Waals surface area contributed by atoms with Gasteiger partial charge in [-0.05, 0) is 82.9 Å². The number of amides is 1. The van der Waals surface area contributed by atoms with Crippen molar-refractivity contribution in [2.75, 3.05) is 11.9 Å². The normalized spacial score (nSPS) is 11.1. The van der Waals surface area contributed by atoms with Gasteiger partial charge in [-0.25, -0.2) is 4.68 Å². The van der Waals surface area contributed by atoms with Crippen LogP contribution >= 0.6 is 0 Å². The number of nitrogens with zero attached hydrogens (tertiary/aromatic N) is 3. The minimum Gasteiger partial charge on any atom is -0.478 e. The first-order valence-corrected chi connectivity index (χ1v) is 11.7. The lowest BCUT2D eigenvalue weighted by Crippen LogP contribution is -2.14. The van der Waals surface area contributed by atoms with Gasteiger partial charge in [-0.1, -0.05) is 29.8 Å². The van der Waals surface area contributed by atoms with Gasteiger partial charge in [0, 0.05) is 23.1 Å². The molecule has 2 aromatic heterocycles. The summed E-state index contributed by atoms with van der Waals surface area (Å²) >= 11 is 0. The van der Waals surface area contributed by atoms with Crippen LogP contribution in [0, 0.1) is 34.6 Å². The molecule has 0 radical (unpaired) electrons. The van der Waals surface area contributed by atoms with Crippen LogP contribution in [0.2, 0.25) is 0 Å². The summed E-state index contributed by atoms with van der Waals surface area (Å²) in [6, 6.07) is 14.2. The SMILES string of the molecule is CCOc1nc2c(c(C)nn2-c2cccc(C)c2)c(C)c1CCC(=O)Nc1ccc(C)cc1C. The fourth-order valence-electron chi connectivity index (χ4n) is 4.43. The average molecular weight is 457 g/mol. The van der Waals surface area contributed by atoms with Crippen molar-refractivity contribution >= 4 is 22.6 Å². The summed E-state index contributed by atoms with van der Waals surface area (Å²) in [5.41, 5.74) is 8.90. The van der Waals surface area contributed by atoms with Crippen LogP contribution < -0.4 is 10.1 Å². The highest BCUT2D eigenvalue weighted by molar-refractivity contribution is 5.92. The topological polar surface area (TPSA) is 69.0 Å². The molecule has 0 saturated carbocycles. The maximum atomic E-state index is 12.8. The first-order chi connectivity index (χ1) is 16.3. The number of anilines is 1. The molecule has 0 aliphatic heterocycles. The molecule has 0 spiro atoms. The highest BCUT2D eigenvalue weighted by Crippen LogP contribution is 2.32. The Morgan fingerprint density at radius 1 is 1.03 bits per heavy atom. The van der Waals surface area contributed by atoms with E-state index < -0.39 is 0 Å². The Kier molecular flexibility index (Phi) is 6.68. The van der Waals surface area contributed by atoms with Crippen molar-refractivity contribution < 1.29 is 9.53 Å². The average Bonchev–Trinajstić information content (AvgIpc) is 3.12. The molecular weight excluding hydrogens is 424 g/mol. The molecule has 34 heavy (non-hydrogen) atoms. The Balaban J connectivity index is 1.67. The molecule has 0 saturated heterocycles. The number of aromatic nitrogens is 3. The van der Waals surface area contributed by atoms with Gasteiger partial charge in [-0.2, -0.15) is 10.1 Å². The van der Waals surface area contributed by atoms with Crippen molar-refractivity contribution in [3.8, 4) is 11.6 Å². The second-order valence-corrected chi connectivity index (χ2v) is 8.85. The monoisotopic (exact) mass is 456 g/mol. The van der Waals surface area contributed by atoms with Crippen molar-refractivity contribution in [3.05, 3.63) is 76.0 Å². The number of rotatable bonds is 7. The predicted molar refractivity (Wildman–Crippen MR) is 137 cm³/mol. The van der Waals surface area contributed by atoms with Crippen LogP contribution in [0.25, 0.3) is 16.7 Å². The Labute approximate surface area is 201 Å². The van der Waals surface area contributed by atoms with E-state index >= 15 is 0 Å². The summed E-state index contributed by atoms with van der Waals surface area (Å²) in [5, 5.41) is 8.84. The number of hydrogen-bond donors (Lipinski definition) is 1. The van der Waals surface area contributed by atoms with Gasteiger partial charge in [0.05, 0.1) is 18.0 Å². The number of hydrogen-bond acceptors (Lipinski definition) is 4. The molecule has 0 atom stereocenters. The van der Waals surface area contributed by atoms with Gasteiger partial charge < -0.3 is 10.1 Å². The number of aryl methyl sites for hydroxylation is 5. The Morgan fingerprint density at radius 2 is 1.79 bits per heavy atom. The standard InChI is InChI=1S/C28H32N4O2/c1-7-34-28-23(12-14-25(33)29-24-13-11-18(3)15-19(24)4)20(5)26-21(6)31-32(27(26)30-28)22-10-8-9-17(2)16-22/h8-11,13,15-16H,7,12,14H2,1-6H3,(H,29,33). The number of nitrogens with one attached hydrogen (secondary N) is 1. The molecule has 6 nitrogen and oxygen atoms in total. The maximum Gasteiger partial charge on any atom is 0.224 e. The molecule has 2 heterocycles. The van der Waals surface area contributed by atoms with Gasteiger partial charge in [-0.3, -0.25) is 4.79 Å².